The van der Waals surface area contributed by atoms with Crippen LogP contribution >= 0.6 is 0 Å². The first-order valence-corrected chi connectivity index (χ1v) is 6.19. The van der Waals surface area contributed by atoms with Crippen molar-refractivity contribution in [2.75, 3.05) is 12.3 Å². The predicted molar refractivity (Wildman–Crippen MR) is 71.7 cm³/mol. The minimum atomic E-state index is -0.396. The molecule has 0 saturated carbocycles. The molecule has 1 aromatic rings. The van der Waals surface area contributed by atoms with Gasteiger partial charge < -0.3 is 15.2 Å². The zero-order valence-corrected chi connectivity index (χ0v) is 11.4. The van der Waals surface area contributed by atoms with Gasteiger partial charge in [0.05, 0.1) is 12.3 Å². The van der Waals surface area contributed by atoms with Gasteiger partial charge in [-0.1, -0.05) is 19.9 Å². The third-order valence-corrected chi connectivity index (χ3v) is 2.79. The number of esters is 1. The van der Waals surface area contributed by atoms with Gasteiger partial charge in [-0.3, -0.25) is 0 Å². The quantitative estimate of drug-likeness (QED) is 0.645. The van der Waals surface area contributed by atoms with Crippen LogP contribution in [-0.4, -0.2) is 18.7 Å². The van der Waals surface area contributed by atoms with Gasteiger partial charge in [0.25, 0.3) is 0 Å². The molecular formula is C14H21NO3. The second-order valence-electron chi connectivity index (χ2n) is 4.51. The highest BCUT2D eigenvalue weighted by Crippen LogP contribution is 2.27. The molecule has 0 aliphatic rings. The van der Waals surface area contributed by atoms with Crippen molar-refractivity contribution in [2.45, 2.75) is 33.8 Å². The first-order chi connectivity index (χ1) is 8.47. The number of rotatable bonds is 5. The highest BCUT2D eigenvalue weighted by atomic mass is 16.5. The second kappa shape index (κ2) is 6.28. The SMILES string of the molecule is CCOc1c(N)cccc1C(=O)OC(C)C(C)C. The molecule has 2 N–H and O–H groups in total. The largest absolute Gasteiger partial charge is 0.491 e. The van der Waals surface area contributed by atoms with Crippen LogP contribution in [0, 0.1) is 5.92 Å². The molecule has 0 aliphatic heterocycles. The van der Waals surface area contributed by atoms with Crippen molar-refractivity contribution < 1.29 is 14.3 Å². The Morgan fingerprint density at radius 1 is 1.33 bits per heavy atom. The highest BCUT2D eigenvalue weighted by Gasteiger charge is 2.19. The molecular weight excluding hydrogens is 230 g/mol. The molecule has 4 heteroatoms. The van der Waals surface area contributed by atoms with Gasteiger partial charge in [-0.15, -0.1) is 0 Å². The van der Waals surface area contributed by atoms with E-state index in [0.717, 1.165) is 0 Å². The van der Waals surface area contributed by atoms with E-state index in [1.165, 1.54) is 0 Å². The van der Waals surface area contributed by atoms with Gasteiger partial charge in [-0.05, 0) is 31.9 Å². The molecule has 0 fully saturated rings. The zero-order chi connectivity index (χ0) is 13.7. The van der Waals surface area contributed by atoms with E-state index < -0.39 is 5.97 Å². The molecule has 4 nitrogen and oxygen atoms in total. The molecule has 100 valence electrons. The maximum Gasteiger partial charge on any atom is 0.342 e. The molecule has 1 atom stereocenters. The summed E-state index contributed by atoms with van der Waals surface area (Å²) in [6, 6.07) is 5.08. The summed E-state index contributed by atoms with van der Waals surface area (Å²) in [5, 5.41) is 0. The van der Waals surface area contributed by atoms with Crippen LogP contribution < -0.4 is 10.5 Å². The summed E-state index contributed by atoms with van der Waals surface area (Å²) in [5.74, 6) is 0.276. The monoisotopic (exact) mass is 251 g/mol. The normalized spacial score (nSPS) is 12.3. The molecule has 0 spiro atoms. The minimum Gasteiger partial charge on any atom is -0.491 e. The number of benzene rings is 1. The average Bonchev–Trinajstić information content (AvgIpc) is 2.31. The van der Waals surface area contributed by atoms with E-state index in [1.807, 2.05) is 27.7 Å². The van der Waals surface area contributed by atoms with Crippen molar-refractivity contribution in [1.29, 1.82) is 0 Å². The van der Waals surface area contributed by atoms with Crippen LogP contribution in [0.2, 0.25) is 0 Å². The molecule has 1 aromatic carbocycles. The van der Waals surface area contributed by atoms with Crippen LogP contribution in [0.15, 0.2) is 18.2 Å². The fourth-order valence-corrected chi connectivity index (χ4v) is 1.39. The fraction of sp³-hybridized carbons (Fsp3) is 0.500. The van der Waals surface area contributed by atoms with E-state index in [9.17, 15) is 4.79 Å². The van der Waals surface area contributed by atoms with Gasteiger partial charge in [0.2, 0.25) is 0 Å². The Hall–Kier alpha value is -1.71. The first-order valence-electron chi connectivity index (χ1n) is 6.19. The molecule has 0 aromatic heterocycles. The lowest BCUT2D eigenvalue weighted by molar-refractivity contribution is 0.0234. The van der Waals surface area contributed by atoms with Crippen molar-refractivity contribution in [3.05, 3.63) is 23.8 Å². The first kappa shape index (κ1) is 14.4. The molecule has 0 heterocycles. The van der Waals surface area contributed by atoms with Crippen molar-refractivity contribution in [1.82, 2.24) is 0 Å². The van der Waals surface area contributed by atoms with E-state index >= 15 is 0 Å². The summed E-state index contributed by atoms with van der Waals surface area (Å²) in [7, 11) is 0. The van der Waals surface area contributed by atoms with Gasteiger partial charge >= 0.3 is 5.97 Å². The van der Waals surface area contributed by atoms with E-state index in [1.54, 1.807) is 18.2 Å². The number of para-hydroxylation sites is 1. The molecule has 0 aliphatic carbocycles. The Balaban J connectivity index is 2.95. The van der Waals surface area contributed by atoms with Crippen LogP contribution in [-0.2, 0) is 4.74 Å². The topological polar surface area (TPSA) is 61.5 Å². The number of hydrogen-bond donors (Lipinski definition) is 1. The van der Waals surface area contributed by atoms with E-state index in [4.69, 9.17) is 15.2 Å². The van der Waals surface area contributed by atoms with Crippen molar-refractivity contribution in [2.24, 2.45) is 5.92 Å². The smallest absolute Gasteiger partial charge is 0.342 e. The lowest BCUT2D eigenvalue weighted by atomic mass is 10.1. The minimum absolute atomic E-state index is 0.145. The van der Waals surface area contributed by atoms with Gasteiger partial charge in [0.1, 0.15) is 11.7 Å². The third kappa shape index (κ3) is 3.39. The van der Waals surface area contributed by atoms with Crippen LogP contribution in [0.25, 0.3) is 0 Å². The van der Waals surface area contributed by atoms with Gasteiger partial charge in [-0.2, -0.15) is 0 Å². The van der Waals surface area contributed by atoms with Gasteiger partial charge in [0, 0.05) is 0 Å². The van der Waals surface area contributed by atoms with Crippen molar-refractivity contribution in [3.8, 4) is 5.75 Å². The molecule has 0 bridgehead atoms. The standard InChI is InChI=1S/C14H21NO3/c1-5-17-13-11(7-6-8-12(13)15)14(16)18-10(4)9(2)3/h6-10H,5,15H2,1-4H3. The maximum absolute atomic E-state index is 12.0. The maximum atomic E-state index is 12.0. The summed E-state index contributed by atoms with van der Waals surface area (Å²) in [5.41, 5.74) is 6.63. The predicted octanol–water partition coefficient (Wildman–Crippen LogP) is 2.87. The molecule has 0 radical (unpaired) electrons. The summed E-state index contributed by atoms with van der Waals surface area (Å²) < 4.78 is 10.8. The summed E-state index contributed by atoms with van der Waals surface area (Å²) in [4.78, 5) is 12.0. The Morgan fingerprint density at radius 2 is 2.00 bits per heavy atom. The molecule has 18 heavy (non-hydrogen) atoms. The molecule has 0 amide bonds. The second-order valence-corrected chi connectivity index (χ2v) is 4.51. The molecule has 0 saturated heterocycles. The zero-order valence-electron chi connectivity index (χ0n) is 11.4. The number of nitrogen functional groups attached to an aromatic ring is 1. The van der Waals surface area contributed by atoms with Crippen LogP contribution in [0.4, 0.5) is 5.69 Å². The summed E-state index contributed by atoms with van der Waals surface area (Å²) >= 11 is 0. The third-order valence-electron chi connectivity index (χ3n) is 2.79. The van der Waals surface area contributed by atoms with Crippen molar-refractivity contribution >= 4 is 11.7 Å². The lowest BCUT2D eigenvalue weighted by Gasteiger charge is -2.18. The summed E-state index contributed by atoms with van der Waals surface area (Å²) in [6.07, 6.45) is -0.145. The number of hydrogen-bond acceptors (Lipinski definition) is 4. The highest BCUT2D eigenvalue weighted by molar-refractivity contribution is 5.94. The number of carbonyl (C=O) groups is 1. The molecule has 1 unspecified atom stereocenters. The Labute approximate surface area is 108 Å². The number of ether oxygens (including phenoxy) is 2. The number of nitrogens with two attached hydrogens (primary N) is 1. The average molecular weight is 251 g/mol. The Kier molecular flexibility index (Phi) is 5.01. The van der Waals surface area contributed by atoms with E-state index in [2.05, 4.69) is 0 Å². The molecule has 1 rings (SSSR count). The fourth-order valence-electron chi connectivity index (χ4n) is 1.39. The van der Waals surface area contributed by atoms with Crippen LogP contribution in [0.5, 0.6) is 5.75 Å². The van der Waals surface area contributed by atoms with Crippen LogP contribution in [0.1, 0.15) is 38.1 Å². The van der Waals surface area contributed by atoms with Crippen molar-refractivity contribution in [3.63, 3.8) is 0 Å². The lowest BCUT2D eigenvalue weighted by Crippen LogP contribution is -2.21. The van der Waals surface area contributed by atoms with Crippen LogP contribution in [0.3, 0.4) is 0 Å². The van der Waals surface area contributed by atoms with Gasteiger partial charge in [-0.25, -0.2) is 4.79 Å². The Morgan fingerprint density at radius 3 is 2.56 bits per heavy atom. The van der Waals surface area contributed by atoms with E-state index in [-0.39, 0.29) is 12.0 Å². The summed E-state index contributed by atoms with van der Waals surface area (Å²) in [6.45, 7) is 8.17. The number of carbonyl (C=O) groups excluding carboxylic acids is 1. The number of anilines is 1. The Bertz CT molecular complexity index is 416. The van der Waals surface area contributed by atoms with Gasteiger partial charge in [0.15, 0.2) is 5.75 Å². The van der Waals surface area contributed by atoms with E-state index in [0.29, 0.717) is 23.6 Å².